The number of hydrogen-bond acceptors (Lipinski definition) is 3. The molecule has 23 heavy (non-hydrogen) atoms. The molecule has 1 amide bonds. The lowest BCUT2D eigenvalue weighted by Gasteiger charge is -2.16. The Hall–Kier alpha value is -2.17. The van der Waals surface area contributed by atoms with Crippen LogP contribution in [0, 0.1) is 0 Å². The van der Waals surface area contributed by atoms with Crippen molar-refractivity contribution in [1.29, 1.82) is 0 Å². The molecule has 0 radical (unpaired) electrons. The Labute approximate surface area is 136 Å². The quantitative estimate of drug-likeness (QED) is 0.747. The maximum absolute atomic E-state index is 12.2. The van der Waals surface area contributed by atoms with Gasteiger partial charge in [0.1, 0.15) is 0 Å². The van der Waals surface area contributed by atoms with E-state index in [0.29, 0.717) is 18.5 Å². The predicted molar refractivity (Wildman–Crippen MR) is 86.5 cm³/mol. The minimum absolute atomic E-state index is 0.00742. The molecule has 2 rings (SSSR count). The van der Waals surface area contributed by atoms with Crippen molar-refractivity contribution >= 4 is 17.7 Å². The van der Waals surface area contributed by atoms with Gasteiger partial charge in [0, 0.05) is 38.4 Å². The summed E-state index contributed by atoms with van der Waals surface area (Å²) in [5, 5.41) is 8.59. The van der Waals surface area contributed by atoms with E-state index in [1.54, 1.807) is 7.05 Å². The molecule has 0 saturated carbocycles. The molecule has 1 aliphatic carbocycles. The van der Waals surface area contributed by atoms with Crippen molar-refractivity contribution in [2.24, 2.45) is 0 Å². The first-order chi connectivity index (χ1) is 11.0. The number of aliphatic carboxylic acids is 1. The van der Waals surface area contributed by atoms with Gasteiger partial charge in [-0.2, -0.15) is 0 Å². The van der Waals surface area contributed by atoms with Crippen LogP contribution in [0.1, 0.15) is 53.6 Å². The van der Waals surface area contributed by atoms with Crippen molar-refractivity contribution in [2.45, 2.75) is 44.9 Å². The van der Waals surface area contributed by atoms with Crippen LogP contribution in [0.3, 0.4) is 0 Å². The second-order valence-corrected chi connectivity index (χ2v) is 6.07. The van der Waals surface area contributed by atoms with Gasteiger partial charge in [0.25, 0.3) is 0 Å². The number of aryl methyl sites for hydroxylation is 2. The largest absolute Gasteiger partial charge is 0.481 e. The molecular formula is C18H23NO4. The smallest absolute Gasteiger partial charge is 0.303 e. The molecule has 0 heterocycles. The van der Waals surface area contributed by atoms with Gasteiger partial charge in [-0.1, -0.05) is 12.1 Å². The Kier molecular flexibility index (Phi) is 5.90. The van der Waals surface area contributed by atoms with Crippen molar-refractivity contribution in [3.8, 4) is 0 Å². The molecule has 0 bridgehead atoms. The van der Waals surface area contributed by atoms with Crippen LogP contribution in [0.15, 0.2) is 18.2 Å². The van der Waals surface area contributed by atoms with Gasteiger partial charge in [-0.15, -0.1) is 0 Å². The van der Waals surface area contributed by atoms with E-state index in [0.717, 1.165) is 19.3 Å². The molecule has 0 saturated heterocycles. The van der Waals surface area contributed by atoms with Crippen molar-refractivity contribution in [3.63, 3.8) is 0 Å². The predicted octanol–water partition coefficient (Wildman–Crippen LogP) is 2.46. The number of hydrogen-bond donors (Lipinski definition) is 1. The van der Waals surface area contributed by atoms with Gasteiger partial charge in [0.05, 0.1) is 0 Å². The summed E-state index contributed by atoms with van der Waals surface area (Å²) in [7, 11) is 1.64. The molecule has 124 valence electrons. The number of rotatable bonds is 8. The number of fused-ring (bicyclic) bond motifs is 1. The van der Waals surface area contributed by atoms with Crippen LogP contribution in [0.2, 0.25) is 0 Å². The van der Waals surface area contributed by atoms with E-state index >= 15 is 0 Å². The summed E-state index contributed by atoms with van der Waals surface area (Å²) in [6, 6.07) is 5.84. The molecule has 0 spiro atoms. The van der Waals surface area contributed by atoms with Crippen LogP contribution in [0.5, 0.6) is 0 Å². The first-order valence-electron chi connectivity index (χ1n) is 8.08. The third kappa shape index (κ3) is 4.91. The van der Waals surface area contributed by atoms with Gasteiger partial charge in [-0.05, 0) is 42.9 Å². The van der Waals surface area contributed by atoms with Crippen molar-refractivity contribution in [1.82, 2.24) is 4.90 Å². The third-order valence-electron chi connectivity index (χ3n) is 4.30. The highest BCUT2D eigenvalue weighted by Crippen LogP contribution is 2.23. The molecule has 0 fully saturated rings. The SMILES string of the molecule is CN(CCCC(=O)O)C(=O)CCC(=O)c1ccc2c(c1)CCC2. The number of benzene rings is 1. The van der Waals surface area contributed by atoms with E-state index in [4.69, 9.17) is 5.11 Å². The number of carboxylic acid groups (broad SMARTS) is 1. The molecule has 0 atom stereocenters. The van der Waals surface area contributed by atoms with Crippen molar-refractivity contribution in [2.75, 3.05) is 13.6 Å². The number of ketones is 1. The lowest BCUT2D eigenvalue weighted by atomic mass is 10.0. The topological polar surface area (TPSA) is 74.7 Å². The van der Waals surface area contributed by atoms with Gasteiger partial charge in [0.15, 0.2) is 5.78 Å². The zero-order valence-corrected chi connectivity index (χ0v) is 13.5. The van der Waals surface area contributed by atoms with Gasteiger partial charge in [-0.25, -0.2) is 0 Å². The molecule has 0 unspecified atom stereocenters. The van der Waals surface area contributed by atoms with Gasteiger partial charge in [-0.3, -0.25) is 14.4 Å². The van der Waals surface area contributed by atoms with E-state index < -0.39 is 5.97 Å². The zero-order valence-electron chi connectivity index (χ0n) is 13.5. The summed E-state index contributed by atoms with van der Waals surface area (Å²) in [4.78, 5) is 36.1. The zero-order chi connectivity index (χ0) is 16.8. The number of nitrogens with zero attached hydrogens (tertiary/aromatic N) is 1. The molecule has 5 nitrogen and oxygen atoms in total. The summed E-state index contributed by atoms with van der Waals surface area (Å²) >= 11 is 0. The highest BCUT2D eigenvalue weighted by Gasteiger charge is 2.16. The Morgan fingerprint density at radius 1 is 1.09 bits per heavy atom. The normalized spacial score (nSPS) is 12.7. The molecular weight excluding hydrogens is 294 g/mol. The average Bonchev–Trinajstić information content (AvgIpc) is 2.99. The minimum atomic E-state index is -0.863. The van der Waals surface area contributed by atoms with Crippen LogP contribution < -0.4 is 0 Å². The molecule has 1 aromatic carbocycles. The fourth-order valence-corrected chi connectivity index (χ4v) is 2.89. The molecule has 1 aromatic rings. The number of amides is 1. The lowest BCUT2D eigenvalue weighted by molar-refractivity contribution is -0.138. The number of carbonyl (C=O) groups excluding carboxylic acids is 2. The molecule has 1 N–H and O–H groups in total. The summed E-state index contributed by atoms with van der Waals surface area (Å²) in [5.74, 6) is -0.991. The van der Waals surface area contributed by atoms with Crippen LogP contribution in [-0.2, 0) is 22.4 Å². The van der Waals surface area contributed by atoms with E-state index in [-0.39, 0.29) is 31.0 Å². The van der Waals surface area contributed by atoms with Crippen molar-refractivity contribution in [3.05, 3.63) is 34.9 Å². The first-order valence-corrected chi connectivity index (χ1v) is 8.08. The van der Waals surface area contributed by atoms with E-state index in [9.17, 15) is 14.4 Å². The fourth-order valence-electron chi connectivity index (χ4n) is 2.89. The Morgan fingerprint density at radius 2 is 1.83 bits per heavy atom. The van der Waals surface area contributed by atoms with Crippen molar-refractivity contribution < 1.29 is 19.5 Å². The second kappa shape index (κ2) is 7.90. The van der Waals surface area contributed by atoms with Crippen LogP contribution in [0.25, 0.3) is 0 Å². The standard InChI is InChI=1S/C18H23NO4/c1-19(11-3-6-18(22)23)17(21)10-9-16(20)15-8-7-13-4-2-5-14(13)12-15/h7-8,12H,2-6,9-11H2,1H3,(H,22,23). The number of carbonyl (C=O) groups is 3. The minimum Gasteiger partial charge on any atom is -0.481 e. The number of Topliss-reactive ketones (excluding diaryl/α,β-unsaturated/α-hetero) is 1. The maximum Gasteiger partial charge on any atom is 0.303 e. The summed E-state index contributed by atoms with van der Waals surface area (Å²) in [5.41, 5.74) is 3.27. The lowest BCUT2D eigenvalue weighted by Crippen LogP contribution is -2.28. The highest BCUT2D eigenvalue weighted by molar-refractivity contribution is 5.98. The van der Waals surface area contributed by atoms with Crippen LogP contribution in [0.4, 0.5) is 0 Å². The summed E-state index contributed by atoms with van der Waals surface area (Å²) in [6.45, 7) is 0.401. The highest BCUT2D eigenvalue weighted by atomic mass is 16.4. The van der Waals surface area contributed by atoms with Gasteiger partial charge in [0.2, 0.25) is 5.91 Å². The summed E-state index contributed by atoms with van der Waals surface area (Å²) < 4.78 is 0. The Morgan fingerprint density at radius 3 is 2.57 bits per heavy atom. The Balaban J connectivity index is 1.79. The van der Waals surface area contributed by atoms with Crippen LogP contribution >= 0.6 is 0 Å². The van der Waals surface area contributed by atoms with E-state index in [2.05, 4.69) is 0 Å². The number of carboxylic acids is 1. The Bertz CT molecular complexity index is 609. The van der Waals surface area contributed by atoms with E-state index in [1.807, 2.05) is 18.2 Å². The fraction of sp³-hybridized carbons (Fsp3) is 0.500. The van der Waals surface area contributed by atoms with Gasteiger partial charge >= 0.3 is 5.97 Å². The van der Waals surface area contributed by atoms with Gasteiger partial charge < -0.3 is 10.0 Å². The first kappa shape index (κ1) is 17.2. The second-order valence-electron chi connectivity index (χ2n) is 6.07. The molecule has 5 heteroatoms. The monoisotopic (exact) mass is 317 g/mol. The maximum atomic E-state index is 12.2. The third-order valence-corrected chi connectivity index (χ3v) is 4.30. The van der Waals surface area contributed by atoms with Crippen LogP contribution in [-0.4, -0.2) is 41.3 Å². The molecule has 0 aliphatic heterocycles. The van der Waals surface area contributed by atoms with E-state index in [1.165, 1.54) is 16.0 Å². The molecule has 0 aromatic heterocycles. The average molecular weight is 317 g/mol. The summed E-state index contributed by atoms with van der Waals surface area (Å²) in [6.07, 6.45) is 4.10. The molecule has 1 aliphatic rings.